The van der Waals surface area contributed by atoms with Gasteiger partial charge in [-0.2, -0.15) is 0 Å². The molecule has 0 atom stereocenters. The molecule has 2 rings (SSSR count). The number of nitrogens with zero attached hydrogens (tertiary/aromatic N) is 2. The van der Waals surface area contributed by atoms with E-state index in [0.717, 1.165) is 15.7 Å². The lowest BCUT2D eigenvalue weighted by Gasteiger charge is -2.36. The van der Waals surface area contributed by atoms with Gasteiger partial charge in [-0.05, 0) is 19.8 Å². The number of halogens is 2. The van der Waals surface area contributed by atoms with Crippen molar-refractivity contribution in [1.29, 1.82) is 0 Å². The molecule has 18 heavy (non-hydrogen) atoms. The predicted molar refractivity (Wildman–Crippen MR) is 70.5 cm³/mol. The zero-order valence-corrected chi connectivity index (χ0v) is 11.8. The third-order valence-electron chi connectivity index (χ3n) is 3.49. The van der Waals surface area contributed by atoms with Crippen LogP contribution in [0.25, 0.3) is 0 Å². The van der Waals surface area contributed by atoms with Crippen molar-refractivity contribution < 1.29 is 8.78 Å². The third kappa shape index (κ3) is 2.49. The maximum absolute atomic E-state index is 13.2. The second kappa shape index (κ2) is 4.42. The first-order valence-corrected chi connectivity index (χ1v) is 6.87. The van der Waals surface area contributed by atoms with Crippen LogP contribution in [0.15, 0.2) is 0 Å². The molecule has 0 saturated heterocycles. The van der Waals surface area contributed by atoms with Gasteiger partial charge < -0.3 is 10.6 Å². The molecule has 3 nitrogen and oxygen atoms in total. The van der Waals surface area contributed by atoms with Crippen molar-refractivity contribution in [2.45, 2.75) is 44.1 Å². The Bertz CT molecular complexity index is 433. The number of aromatic nitrogens is 1. The molecule has 1 aromatic heterocycles. The number of hydrogen-bond donors (Lipinski definition) is 1. The molecule has 0 aromatic carbocycles. The van der Waals surface area contributed by atoms with Crippen LogP contribution in [0.2, 0.25) is 0 Å². The van der Waals surface area contributed by atoms with Crippen LogP contribution < -0.4 is 10.6 Å². The highest BCUT2D eigenvalue weighted by atomic mass is 32.1. The average Bonchev–Trinajstić information content (AvgIpc) is 2.66. The molecule has 0 spiro atoms. The van der Waals surface area contributed by atoms with E-state index in [1.54, 1.807) is 0 Å². The molecule has 1 saturated carbocycles. The summed E-state index contributed by atoms with van der Waals surface area (Å²) in [5, 5.41) is 0.879. The second-order valence-corrected chi connectivity index (χ2v) is 6.30. The fourth-order valence-corrected chi connectivity index (χ4v) is 3.47. The van der Waals surface area contributed by atoms with Crippen LogP contribution in [-0.4, -0.2) is 25.0 Å². The smallest absolute Gasteiger partial charge is 0.248 e. The van der Waals surface area contributed by atoms with E-state index in [4.69, 9.17) is 5.73 Å². The van der Waals surface area contributed by atoms with Gasteiger partial charge in [0.05, 0.1) is 11.2 Å². The fourth-order valence-electron chi connectivity index (χ4n) is 2.32. The molecule has 1 aliphatic rings. The lowest BCUT2D eigenvalue weighted by atomic mass is 9.79. The van der Waals surface area contributed by atoms with Gasteiger partial charge in [-0.15, -0.1) is 0 Å². The van der Waals surface area contributed by atoms with Gasteiger partial charge in [-0.25, -0.2) is 13.8 Å². The molecule has 0 unspecified atom stereocenters. The first-order chi connectivity index (χ1) is 8.23. The minimum absolute atomic E-state index is 0.127. The molecule has 1 aromatic rings. The zero-order valence-electron chi connectivity index (χ0n) is 11.0. The zero-order chi connectivity index (χ0) is 13.6. The Balaban J connectivity index is 2.26. The summed E-state index contributed by atoms with van der Waals surface area (Å²) < 4.78 is 26.4. The lowest BCUT2D eigenvalue weighted by molar-refractivity contribution is -0.0510. The molecular formula is C12H19F2N3S. The summed E-state index contributed by atoms with van der Waals surface area (Å²) in [6.45, 7) is 1.90. The molecule has 0 aliphatic heterocycles. The quantitative estimate of drug-likeness (QED) is 0.902. The van der Waals surface area contributed by atoms with Gasteiger partial charge in [-0.1, -0.05) is 11.3 Å². The molecule has 2 N–H and O–H groups in total. The highest BCUT2D eigenvalue weighted by Gasteiger charge is 2.43. The standard InChI is InChI=1S/C12H19F2N3S/c1-8-9(18-10(16-8)17(2)3)11(15)4-6-12(13,14)7-5-11/h4-7,15H2,1-3H3. The summed E-state index contributed by atoms with van der Waals surface area (Å²) in [5.41, 5.74) is 6.58. The van der Waals surface area contributed by atoms with Crippen molar-refractivity contribution in [3.8, 4) is 0 Å². The Hall–Kier alpha value is -0.750. The Labute approximate surface area is 110 Å². The second-order valence-electron chi connectivity index (χ2n) is 5.32. The summed E-state index contributed by atoms with van der Waals surface area (Å²) in [4.78, 5) is 7.32. The van der Waals surface area contributed by atoms with Crippen molar-refractivity contribution in [3.63, 3.8) is 0 Å². The van der Waals surface area contributed by atoms with Crippen LogP contribution in [0.1, 0.15) is 36.3 Å². The van der Waals surface area contributed by atoms with Crippen LogP contribution in [0.3, 0.4) is 0 Å². The number of anilines is 1. The van der Waals surface area contributed by atoms with Crippen molar-refractivity contribution >= 4 is 16.5 Å². The fraction of sp³-hybridized carbons (Fsp3) is 0.750. The molecule has 0 amide bonds. The molecule has 1 fully saturated rings. The first kappa shape index (κ1) is 13.7. The third-order valence-corrected chi connectivity index (χ3v) is 5.04. The van der Waals surface area contributed by atoms with Gasteiger partial charge >= 0.3 is 0 Å². The summed E-state index contributed by atoms with van der Waals surface area (Å²) in [5.74, 6) is -2.55. The van der Waals surface area contributed by atoms with Crippen molar-refractivity contribution in [2.24, 2.45) is 5.73 Å². The summed E-state index contributed by atoms with van der Waals surface area (Å²) >= 11 is 1.52. The average molecular weight is 275 g/mol. The van der Waals surface area contributed by atoms with E-state index in [2.05, 4.69) is 4.98 Å². The van der Waals surface area contributed by atoms with E-state index in [1.165, 1.54) is 11.3 Å². The maximum atomic E-state index is 13.2. The van der Waals surface area contributed by atoms with Crippen LogP contribution >= 0.6 is 11.3 Å². The van der Waals surface area contributed by atoms with E-state index in [0.29, 0.717) is 12.8 Å². The largest absolute Gasteiger partial charge is 0.354 e. The molecule has 1 heterocycles. The Morgan fingerprint density at radius 2 is 1.78 bits per heavy atom. The van der Waals surface area contributed by atoms with Gasteiger partial charge in [0.1, 0.15) is 0 Å². The minimum Gasteiger partial charge on any atom is -0.354 e. The van der Waals surface area contributed by atoms with E-state index in [1.807, 2.05) is 25.9 Å². The Morgan fingerprint density at radius 1 is 1.22 bits per heavy atom. The van der Waals surface area contributed by atoms with E-state index >= 15 is 0 Å². The summed E-state index contributed by atoms with van der Waals surface area (Å²) in [7, 11) is 3.83. The van der Waals surface area contributed by atoms with Crippen molar-refractivity contribution in [2.75, 3.05) is 19.0 Å². The number of rotatable bonds is 2. The highest BCUT2D eigenvalue weighted by molar-refractivity contribution is 7.15. The summed E-state index contributed by atoms with van der Waals surface area (Å²) in [6.07, 6.45) is 0.405. The van der Waals surface area contributed by atoms with Crippen molar-refractivity contribution in [1.82, 2.24) is 4.98 Å². The van der Waals surface area contributed by atoms with Gasteiger partial charge in [0.25, 0.3) is 0 Å². The monoisotopic (exact) mass is 275 g/mol. The van der Waals surface area contributed by atoms with Gasteiger partial charge in [-0.3, -0.25) is 0 Å². The molecular weight excluding hydrogens is 256 g/mol. The van der Waals surface area contributed by atoms with Gasteiger partial charge in [0.15, 0.2) is 5.13 Å². The highest BCUT2D eigenvalue weighted by Crippen LogP contribution is 2.45. The molecule has 0 bridgehead atoms. The number of nitrogens with two attached hydrogens (primary N) is 1. The molecule has 102 valence electrons. The number of alkyl halides is 2. The Kier molecular flexibility index (Phi) is 3.36. The van der Waals surface area contributed by atoms with Crippen LogP contribution in [-0.2, 0) is 5.54 Å². The number of hydrogen-bond acceptors (Lipinski definition) is 4. The topological polar surface area (TPSA) is 42.2 Å². The minimum atomic E-state index is -2.55. The van der Waals surface area contributed by atoms with E-state index in [9.17, 15) is 8.78 Å². The molecule has 1 aliphatic carbocycles. The van der Waals surface area contributed by atoms with Gasteiger partial charge in [0, 0.05) is 31.8 Å². The SMILES string of the molecule is Cc1nc(N(C)C)sc1C1(N)CCC(F)(F)CC1. The first-order valence-electron chi connectivity index (χ1n) is 6.05. The van der Waals surface area contributed by atoms with Gasteiger partial charge in [0.2, 0.25) is 5.92 Å². The van der Waals surface area contributed by atoms with Crippen molar-refractivity contribution in [3.05, 3.63) is 10.6 Å². The van der Waals surface area contributed by atoms with Crippen LogP contribution in [0.5, 0.6) is 0 Å². The maximum Gasteiger partial charge on any atom is 0.248 e. The lowest BCUT2D eigenvalue weighted by Crippen LogP contribution is -2.43. The molecule has 0 radical (unpaired) electrons. The normalized spacial score (nSPS) is 21.9. The van der Waals surface area contributed by atoms with Crippen LogP contribution in [0.4, 0.5) is 13.9 Å². The van der Waals surface area contributed by atoms with E-state index < -0.39 is 11.5 Å². The number of thiazole rings is 1. The van der Waals surface area contributed by atoms with E-state index in [-0.39, 0.29) is 12.8 Å². The predicted octanol–water partition coefficient (Wildman–Crippen LogP) is 2.88. The Morgan fingerprint density at radius 3 is 2.22 bits per heavy atom. The summed E-state index contributed by atoms with van der Waals surface area (Å²) in [6, 6.07) is 0. The molecule has 6 heteroatoms. The van der Waals surface area contributed by atoms with Crippen LogP contribution in [0, 0.1) is 6.92 Å². The number of aryl methyl sites for hydroxylation is 1.